The van der Waals surface area contributed by atoms with Gasteiger partial charge in [0.2, 0.25) is 0 Å². The lowest BCUT2D eigenvalue weighted by atomic mass is 10.0. The molecule has 12 heavy (non-hydrogen) atoms. The van der Waals surface area contributed by atoms with Gasteiger partial charge in [0, 0.05) is 5.56 Å². The maximum atomic E-state index is 10.9. The predicted octanol–water partition coefficient (Wildman–Crippen LogP) is 0.503. The molecule has 2 rings (SSSR count). The Morgan fingerprint density at radius 2 is 2.25 bits per heavy atom. The fourth-order valence-electron chi connectivity index (χ4n) is 1.16. The zero-order valence-electron chi connectivity index (χ0n) is 6.13. The lowest BCUT2D eigenvalue weighted by Gasteiger charge is -2.19. The van der Waals surface area contributed by atoms with Gasteiger partial charge in [-0.3, -0.25) is 5.41 Å². The molecule has 0 aliphatic carbocycles. The molecule has 4 heteroatoms. The van der Waals surface area contributed by atoms with E-state index in [-0.39, 0.29) is 5.84 Å². The van der Waals surface area contributed by atoms with E-state index in [0.717, 1.165) is 0 Å². The van der Waals surface area contributed by atoms with Crippen LogP contribution in [0.25, 0.3) is 0 Å². The van der Waals surface area contributed by atoms with Crippen LogP contribution >= 0.6 is 0 Å². The molecule has 0 radical (unpaired) electrons. The molecule has 1 aliphatic heterocycles. The second kappa shape index (κ2) is 2.07. The van der Waals surface area contributed by atoms with Gasteiger partial charge in [-0.15, -0.1) is 0 Å². The van der Waals surface area contributed by atoms with Crippen LogP contribution in [0.15, 0.2) is 18.2 Å². The van der Waals surface area contributed by atoms with E-state index in [1.807, 2.05) is 0 Å². The summed E-state index contributed by atoms with van der Waals surface area (Å²) in [5, 5.41) is 7.17. The first kappa shape index (κ1) is 6.84. The zero-order valence-corrected chi connectivity index (χ0v) is 6.13. The average Bonchev–Trinajstić information content (AvgIpc) is 2.01. The number of benzene rings is 1. The van der Waals surface area contributed by atoms with Crippen LogP contribution in [-0.4, -0.2) is 11.8 Å². The van der Waals surface area contributed by atoms with Crippen molar-refractivity contribution in [3.8, 4) is 5.75 Å². The van der Waals surface area contributed by atoms with Crippen molar-refractivity contribution in [2.45, 2.75) is 0 Å². The van der Waals surface area contributed by atoms with Crippen LogP contribution in [0.2, 0.25) is 0 Å². The molecule has 0 saturated carbocycles. The number of hydrogen-bond acceptors (Lipinski definition) is 3. The lowest BCUT2D eigenvalue weighted by molar-refractivity contribution is 0.0658. The van der Waals surface area contributed by atoms with Crippen molar-refractivity contribution in [3.63, 3.8) is 0 Å². The summed E-state index contributed by atoms with van der Waals surface area (Å²) in [6.45, 7) is 0. The maximum Gasteiger partial charge on any atom is 0.348 e. The molecule has 1 aromatic carbocycles. The van der Waals surface area contributed by atoms with Gasteiger partial charge in [-0.2, -0.15) is 0 Å². The molecule has 0 amide bonds. The van der Waals surface area contributed by atoms with E-state index in [1.165, 1.54) is 0 Å². The number of rotatable bonds is 1. The normalized spacial score (nSPS) is 12.8. The van der Waals surface area contributed by atoms with E-state index >= 15 is 0 Å². The van der Waals surface area contributed by atoms with Gasteiger partial charge < -0.3 is 10.5 Å². The number of fused-ring (bicyclic) bond motifs is 1. The van der Waals surface area contributed by atoms with Gasteiger partial charge in [0.1, 0.15) is 17.1 Å². The number of ether oxygens (including phenoxy) is 1. The van der Waals surface area contributed by atoms with Crippen LogP contribution in [0.1, 0.15) is 15.9 Å². The van der Waals surface area contributed by atoms with Gasteiger partial charge in [0.15, 0.2) is 0 Å². The summed E-state index contributed by atoms with van der Waals surface area (Å²) >= 11 is 0. The topological polar surface area (TPSA) is 76.2 Å². The molecular weight excluding hydrogens is 156 g/mol. The standard InChI is InChI=1S/C8H6N2O2/c9-7(10)4-2-1-3-5-6(4)8(11)12-5/h1-3H,(H3,9,10). The second-order valence-electron chi connectivity index (χ2n) is 2.48. The van der Waals surface area contributed by atoms with E-state index in [1.54, 1.807) is 18.2 Å². The summed E-state index contributed by atoms with van der Waals surface area (Å²) in [7, 11) is 0. The highest BCUT2D eigenvalue weighted by Crippen LogP contribution is 2.31. The van der Waals surface area contributed by atoms with E-state index in [2.05, 4.69) is 4.74 Å². The Morgan fingerprint density at radius 1 is 1.50 bits per heavy atom. The van der Waals surface area contributed by atoms with Gasteiger partial charge in [-0.1, -0.05) is 12.1 Å². The molecule has 4 nitrogen and oxygen atoms in total. The first-order chi connectivity index (χ1) is 5.70. The van der Waals surface area contributed by atoms with Gasteiger partial charge >= 0.3 is 5.97 Å². The Kier molecular flexibility index (Phi) is 1.18. The highest BCUT2D eigenvalue weighted by molar-refractivity contribution is 6.11. The summed E-state index contributed by atoms with van der Waals surface area (Å²) in [5.41, 5.74) is 6.12. The minimum Gasteiger partial charge on any atom is -0.422 e. The summed E-state index contributed by atoms with van der Waals surface area (Å²) < 4.78 is 4.68. The first-order valence-corrected chi connectivity index (χ1v) is 3.40. The molecule has 0 aromatic heterocycles. The molecule has 0 atom stereocenters. The summed E-state index contributed by atoms with van der Waals surface area (Å²) in [5.74, 6) is -0.00741. The van der Waals surface area contributed by atoms with Crippen LogP contribution in [0.3, 0.4) is 0 Å². The van der Waals surface area contributed by atoms with Gasteiger partial charge in [0.05, 0.1) is 0 Å². The maximum absolute atomic E-state index is 10.9. The van der Waals surface area contributed by atoms with E-state index in [9.17, 15) is 4.79 Å². The van der Waals surface area contributed by atoms with Crippen molar-refractivity contribution in [2.24, 2.45) is 5.73 Å². The highest BCUT2D eigenvalue weighted by Gasteiger charge is 2.29. The Balaban J connectivity index is 2.64. The van der Waals surface area contributed by atoms with E-state index in [4.69, 9.17) is 11.1 Å². The Morgan fingerprint density at radius 3 is 2.75 bits per heavy atom. The molecule has 60 valence electrons. The zero-order chi connectivity index (χ0) is 8.72. The van der Waals surface area contributed by atoms with Crippen LogP contribution in [-0.2, 0) is 0 Å². The molecule has 1 aromatic rings. The van der Waals surface area contributed by atoms with Crippen molar-refractivity contribution >= 4 is 11.8 Å². The van der Waals surface area contributed by atoms with Crippen LogP contribution in [0.4, 0.5) is 0 Å². The van der Waals surface area contributed by atoms with Gasteiger partial charge in [-0.05, 0) is 6.07 Å². The Hall–Kier alpha value is -1.84. The Labute approximate surface area is 68.5 Å². The smallest absolute Gasteiger partial charge is 0.348 e. The van der Waals surface area contributed by atoms with E-state index < -0.39 is 5.97 Å². The lowest BCUT2D eigenvalue weighted by Crippen LogP contribution is -2.26. The van der Waals surface area contributed by atoms with Crippen LogP contribution in [0.5, 0.6) is 5.75 Å². The number of amidine groups is 1. The van der Waals surface area contributed by atoms with Crippen molar-refractivity contribution < 1.29 is 9.53 Å². The minimum absolute atomic E-state index is 0.108. The van der Waals surface area contributed by atoms with E-state index in [0.29, 0.717) is 16.9 Å². The number of hydrogen-bond donors (Lipinski definition) is 2. The van der Waals surface area contributed by atoms with Crippen molar-refractivity contribution in [3.05, 3.63) is 29.3 Å². The predicted molar refractivity (Wildman–Crippen MR) is 42.4 cm³/mol. The minimum atomic E-state index is -0.407. The molecule has 0 unspecified atom stereocenters. The number of nitrogens with one attached hydrogen (secondary N) is 1. The fraction of sp³-hybridized carbons (Fsp3) is 0. The number of carbonyl (C=O) groups is 1. The summed E-state index contributed by atoms with van der Waals surface area (Å²) in [6, 6.07) is 4.99. The van der Waals surface area contributed by atoms with Gasteiger partial charge in [0.25, 0.3) is 0 Å². The molecular formula is C8H6N2O2. The molecule has 0 fully saturated rings. The van der Waals surface area contributed by atoms with Crippen molar-refractivity contribution in [1.29, 1.82) is 5.41 Å². The first-order valence-electron chi connectivity index (χ1n) is 3.40. The van der Waals surface area contributed by atoms with Crippen LogP contribution < -0.4 is 10.5 Å². The third kappa shape index (κ3) is 0.717. The number of carbonyl (C=O) groups excluding carboxylic acids is 1. The molecule has 0 saturated heterocycles. The highest BCUT2D eigenvalue weighted by atomic mass is 16.6. The molecule has 0 spiro atoms. The van der Waals surface area contributed by atoms with Crippen molar-refractivity contribution in [1.82, 2.24) is 0 Å². The second-order valence-corrected chi connectivity index (χ2v) is 2.48. The molecule has 0 bridgehead atoms. The Bertz CT molecular complexity index is 385. The average molecular weight is 162 g/mol. The molecule has 3 N–H and O–H groups in total. The molecule has 1 aliphatic rings. The van der Waals surface area contributed by atoms with Gasteiger partial charge in [-0.25, -0.2) is 4.79 Å². The summed E-state index contributed by atoms with van der Waals surface area (Å²) in [6.07, 6.45) is 0. The third-order valence-corrected chi connectivity index (χ3v) is 1.72. The number of esters is 1. The quantitative estimate of drug-likeness (QED) is 0.358. The van der Waals surface area contributed by atoms with Crippen LogP contribution in [0, 0.1) is 5.41 Å². The number of nitrogens with two attached hydrogens (primary N) is 1. The third-order valence-electron chi connectivity index (χ3n) is 1.72. The monoisotopic (exact) mass is 162 g/mol. The van der Waals surface area contributed by atoms with Crippen molar-refractivity contribution in [2.75, 3.05) is 0 Å². The fourth-order valence-corrected chi connectivity index (χ4v) is 1.16. The summed E-state index contributed by atoms with van der Waals surface area (Å²) in [4.78, 5) is 10.9. The SMILES string of the molecule is N=C(N)c1cccc2c1C(=O)O2. The largest absolute Gasteiger partial charge is 0.422 e. The number of nitrogen functional groups attached to an aromatic ring is 1. The molecule has 1 heterocycles.